The van der Waals surface area contributed by atoms with Crippen molar-refractivity contribution in [2.45, 2.75) is 4.90 Å². The lowest BCUT2D eigenvalue weighted by molar-refractivity contribution is -0.0146. The maximum atomic E-state index is 5.22. The molecule has 3 nitrogen and oxygen atoms in total. The van der Waals surface area contributed by atoms with Gasteiger partial charge >= 0.3 is 0 Å². The monoisotopic (exact) mass is 277 g/mol. The molecule has 0 aliphatic rings. The highest BCUT2D eigenvalue weighted by Gasteiger charge is 2.07. The van der Waals surface area contributed by atoms with E-state index >= 15 is 0 Å². The van der Waals surface area contributed by atoms with Crippen molar-refractivity contribution in [3.8, 4) is 5.75 Å². The van der Waals surface area contributed by atoms with Crippen molar-refractivity contribution in [3.63, 3.8) is 0 Å². The van der Waals surface area contributed by atoms with Crippen LogP contribution in [0.15, 0.2) is 27.6 Å². The van der Waals surface area contributed by atoms with E-state index in [0.717, 1.165) is 15.1 Å². The molecule has 14 heavy (non-hydrogen) atoms. The fourth-order valence-corrected chi connectivity index (χ4v) is 2.18. The van der Waals surface area contributed by atoms with E-state index in [4.69, 9.17) is 9.57 Å². The molecule has 0 aliphatic carbocycles. The highest BCUT2D eigenvalue weighted by molar-refractivity contribution is 9.10. The number of hydrogen-bond acceptors (Lipinski definition) is 4. The van der Waals surface area contributed by atoms with Gasteiger partial charge in [0.25, 0.3) is 0 Å². The second kappa shape index (κ2) is 5.60. The first-order valence-electron chi connectivity index (χ1n) is 3.96. The summed E-state index contributed by atoms with van der Waals surface area (Å²) >= 11 is 4.87. The van der Waals surface area contributed by atoms with Crippen LogP contribution in [0.3, 0.4) is 0 Å². The summed E-state index contributed by atoms with van der Waals surface area (Å²) in [5, 5.41) is 0. The van der Waals surface area contributed by atoms with Crippen LogP contribution in [-0.2, 0) is 4.84 Å². The van der Waals surface area contributed by atoms with Gasteiger partial charge in [-0.1, -0.05) is 15.9 Å². The Morgan fingerprint density at radius 3 is 2.64 bits per heavy atom. The fraction of sp³-hybridized carbons (Fsp3) is 0.333. The van der Waals surface area contributed by atoms with Gasteiger partial charge in [-0.05, 0) is 30.1 Å². The lowest BCUT2D eigenvalue weighted by Gasteiger charge is -2.14. The Bertz CT molecular complexity index is 309. The van der Waals surface area contributed by atoms with E-state index in [1.165, 1.54) is 11.9 Å². The Kier molecular flexibility index (Phi) is 4.74. The molecule has 0 fully saturated rings. The van der Waals surface area contributed by atoms with Crippen LogP contribution in [0.4, 0.5) is 0 Å². The zero-order valence-corrected chi connectivity index (χ0v) is 10.7. The van der Waals surface area contributed by atoms with Gasteiger partial charge in [-0.2, -0.15) is 0 Å². The molecule has 0 bridgehead atoms. The molecule has 0 saturated carbocycles. The van der Waals surface area contributed by atoms with E-state index in [1.807, 2.05) is 25.2 Å². The molecule has 0 saturated heterocycles. The van der Waals surface area contributed by atoms with Crippen LogP contribution in [0.2, 0.25) is 0 Å². The third-order valence-electron chi connectivity index (χ3n) is 1.61. The van der Waals surface area contributed by atoms with E-state index in [0.29, 0.717) is 0 Å². The second-order valence-electron chi connectivity index (χ2n) is 2.51. The van der Waals surface area contributed by atoms with E-state index in [-0.39, 0.29) is 0 Å². The number of halogens is 1. The topological polar surface area (TPSA) is 21.7 Å². The average molecular weight is 278 g/mol. The fourth-order valence-electron chi connectivity index (χ4n) is 0.898. The Labute approximate surface area is 96.6 Å². The van der Waals surface area contributed by atoms with Gasteiger partial charge in [0.05, 0.1) is 19.1 Å². The lowest BCUT2D eigenvalue weighted by Crippen LogP contribution is -2.06. The lowest BCUT2D eigenvalue weighted by atomic mass is 10.3. The van der Waals surface area contributed by atoms with E-state index < -0.39 is 0 Å². The Morgan fingerprint density at radius 1 is 1.36 bits per heavy atom. The average Bonchev–Trinajstić information content (AvgIpc) is 2.18. The molecular weight excluding hydrogens is 266 g/mol. The van der Waals surface area contributed by atoms with Crippen LogP contribution in [-0.4, -0.2) is 25.7 Å². The van der Waals surface area contributed by atoms with Crippen LogP contribution in [0, 0.1) is 0 Å². The maximum absolute atomic E-state index is 5.22. The summed E-state index contributed by atoms with van der Waals surface area (Å²) < 4.78 is 7.90. The number of ether oxygens (including phenoxy) is 1. The van der Waals surface area contributed by atoms with Crippen LogP contribution in [0.25, 0.3) is 0 Å². The smallest absolute Gasteiger partial charge is 0.133 e. The summed E-state index contributed by atoms with van der Waals surface area (Å²) in [4.78, 5) is 6.02. The molecule has 0 atom stereocenters. The summed E-state index contributed by atoms with van der Waals surface area (Å²) in [5.41, 5.74) is 0. The highest BCUT2D eigenvalue weighted by Crippen LogP contribution is 2.33. The van der Waals surface area contributed by atoms with Crippen molar-refractivity contribution < 1.29 is 9.57 Å². The summed E-state index contributed by atoms with van der Waals surface area (Å²) in [6, 6.07) is 5.84. The first-order valence-corrected chi connectivity index (χ1v) is 5.53. The van der Waals surface area contributed by atoms with Crippen LogP contribution in [0.5, 0.6) is 5.75 Å². The summed E-state index contributed by atoms with van der Waals surface area (Å²) in [5.74, 6) is 0.835. The molecular formula is C9H12BrNO2S. The van der Waals surface area contributed by atoms with Gasteiger partial charge < -0.3 is 4.74 Å². The normalized spacial score (nSPS) is 10.6. The van der Waals surface area contributed by atoms with E-state index in [1.54, 1.807) is 18.7 Å². The molecule has 1 rings (SSSR count). The van der Waals surface area contributed by atoms with Crippen molar-refractivity contribution >= 4 is 27.9 Å². The standard InChI is InChI=1S/C9H12BrNO2S/c1-11(13-3)14-9-6-7(10)4-5-8(9)12-2/h4-6H,1-3H3. The minimum absolute atomic E-state index is 0.835. The largest absolute Gasteiger partial charge is 0.496 e. The SMILES string of the molecule is COc1ccc(Br)cc1SN(C)OC. The zero-order valence-electron chi connectivity index (χ0n) is 8.28. The van der Waals surface area contributed by atoms with E-state index in [2.05, 4.69) is 15.9 Å². The highest BCUT2D eigenvalue weighted by atomic mass is 79.9. The van der Waals surface area contributed by atoms with Crippen molar-refractivity contribution in [2.24, 2.45) is 0 Å². The molecule has 0 unspecified atom stereocenters. The number of rotatable bonds is 4. The number of hydrogen-bond donors (Lipinski definition) is 0. The Hall–Kier alpha value is -0.230. The first kappa shape index (κ1) is 11.8. The van der Waals surface area contributed by atoms with Gasteiger partial charge in [-0.25, -0.2) is 0 Å². The number of hydroxylamine groups is 1. The summed E-state index contributed by atoms with van der Waals surface area (Å²) in [6.07, 6.45) is 0. The van der Waals surface area contributed by atoms with Crippen LogP contribution < -0.4 is 4.74 Å². The molecule has 0 spiro atoms. The van der Waals surface area contributed by atoms with Gasteiger partial charge in [-0.15, -0.1) is 4.47 Å². The molecule has 5 heteroatoms. The third kappa shape index (κ3) is 3.16. The molecule has 0 N–H and O–H groups in total. The van der Waals surface area contributed by atoms with Gasteiger partial charge in [0.15, 0.2) is 0 Å². The van der Waals surface area contributed by atoms with Crippen molar-refractivity contribution in [1.82, 2.24) is 4.47 Å². The van der Waals surface area contributed by atoms with Gasteiger partial charge in [0.1, 0.15) is 5.75 Å². The van der Waals surface area contributed by atoms with Gasteiger partial charge in [-0.3, -0.25) is 4.84 Å². The predicted molar refractivity (Wildman–Crippen MR) is 61.3 cm³/mol. The molecule has 0 aliphatic heterocycles. The quantitative estimate of drug-likeness (QED) is 0.623. The number of benzene rings is 1. The minimum Gasteiger partial charge on any atom is -0.496 e. The van der Waals surface area contributed by atoms with Crippen molar-refractivity contribution in [1.29, 1.82) is 0 Å². The molecule has 0 radical (unpaired) electrons. The second-order valence-corrected chi connectivity index (χ2v) is 4.56. The molecule has 0 aromatic heterocycles. The molecule has 78 valence electrons. The van der Waals surface area contributed by atoms with Crippen LogP contribution in [0.1, 0.15) is 0 Å². The van der Waals surface area contributed by atoms with Crippen molar-refractivity contribution in [3.05, 3.63) is 22.7 Å². The predicted octanol–water partition coefficient (Wildman–Crippen LogP) is 2.96. The minimum atomic E-state index is 0.835. The molecule has 1 aromatic carbocycles. The van der Waals surface area contributed by atoms with Crippen LogP contribution >= 0.6 is 27.9 Å². The summed E-state index contributed by atoms with van der Waals surface area (Å²) in [6.45, 7) is 0. The van der Waals surface area contributed by atoms with E-state index in [9.17, 15) is 0 Å². The molecule has 0 heterocycles. The van der Waals surface area contributed by atoms with Crippen molar-refractivity contribution in [2.75, 3.05) is 21.3 Å². The molecule has 0 amide bonds. The van der Waals surface area contributed by atoms with Gasteiger partial charge in [0.2, 0.25) is 0 Å². The first-order chi connectivity index (χ1) is 6.67. The zero-order chi connectivity index (χ0) is 10.6. The molecule has 1 aromatic rings. The number of nitrogens with zero attached hydrogens (tertiary/aromatic N) is 1. The third-order valence-corrected chi connectivity index (χ3v) is 3.02. The maximum Gasteiger partial charge on any atom is 0.133 e. The Balaban J connectivity index is 2.87. The number of methoxy groups -OCH3 is 1. The summed E-state index contributed by atoms with van der Waals surface area (Å²) in [7, 11) is 5.11. The van der Waals surface area contributed by atoms with Gasteiger partial charge in [0, 0.05) is 11.5 Å². The Morgan fingerprint density at radius 2 is 2.07 bits per heavy atom.